The molecule has 0 unspecified atom stereocenters. The first-order valence-electron chi connectivity index (χ1n) is 5.79. The fourth-order valence-electron chi connectivity index (χ4n) is 1.75. The van der Waals surface area contributed by atoms with Crippen molar-refractivity contribution in [1.29, 1.82) is 0 Å². The number of anilines is 1. The molecular formula is C14H21N. The highest BCUT2D eigenvalue weighted by Crippen LogP contribution is 2.22. The summed E-state index contributed by atoms with van der Waals surface area (Å²) in [7, 11) is 0. The zero-order chi connectivity index (χ0) is 11.1. The summed E-state index contributed by atoms with van der Waals surface area (Å²) in [5, 5.41) is 3.50. The van der Waals surface area contributed by atoms with Gasteiger partial charge < -0.3 is 5.32 Å². The van der Waals surface area contributed by atoms with Crippen LogP contribution in [0.15, 0.2) is 30.4 Å². The van der Waals surface area contributed by atoms with E-state index in [9.17, 15) is 0 Å². The Morgan fingerprint density at radius 1 is 1.13 bits per heavy atom. The summed E-state index contributed by atoms with van der Waals surface area (Å²) in [6.45, 7) is 7.37. The van der Waals surface area contributed by atoms with E-state index in [0.717, 1.165) is 19.4 Å². The van der Waals surface area contributed by atoms with Gasteiger partial charge in [-0.2, -0.15) is 0 Å². The average Bonchev–Trinajstić information content (AvgIpc) is 2.29. The molecule has 82 valence electrons. The van der Waals surface area contributed by atoms with E-state index < -0.39 is 0 Å². The summed E-state index contributed by atoms with van der Waals surface area (Å²) in [5.74, 6) is 0. The van der Waals surface area contributed by atoms with E-state index in [0.29, 0.717) is 0 Å². The van der Waals surface area contributed by atoms with Crippen LogP contribution in [0.5, 0.6) is 0 Å². The third-order valence-corrected chi connectivity index (χ3v) is 2.63. The lowest BCUT2D eigenvalue weighted by atomic mass is 10.0. The second-order valence-electron chi connectivity index (χ2n) is 3.61. The van der Waals surface area contributed by atoms with E-state index in [1.165, 1.54) is 16.8 Å². The SMILES string of the molecule is C/C=C/CNc1c(CC)cccc1CC. The van der Waals surface area contributed by atoms with Crippen molar-refractivity contribution in [1.82, 2.24) is 0 Å². The van der Waals surface area contributed by atoms with Crippen LogP contribution in [0.3, 0.4) is 0 Å². The fourth-order valence-corrected chi connectivity index (χ4v) is 1.75. The Bertz CT molecular complexity index is 304. The molecule has 0 saturated carbocycles. The largest absolute Gasteiger partial charge is 0.381 e. The zero-order valence-electron chi connectivity index (χ0n) is 10.0. The Kier molecular flexibility index (Phi) is 4.96. The lowest BCUT2D eigenvalue weighted by Crippen LogP contribution is -2.04. The molecule has 0 aliphatic rings. The monoisotopic (exact) mass is 203 g/mol. The number of hydrogen-bond acceptors (Lipinski definition) is 1. The van der Waals surface area contributed by atoms with Gasteiger partial charge in [0.2, 0.25) is 0 Å². The summed E-state index contributed by atoms with van der Waals surface area (Å²) in [6, 6.07) is 6.56. The second-order valence-corrected chi connectivity index (χ2v) is 3.61. The van der Waals surface area contributed by atoms with E-state index >= 15 is 0 Å². The Labute approximate surface area is 93.2 Å². The van der Waals surface area contributed by atoms with Crippen molar-refractivity contribution >= 4 is 5.69 Å². The first-order valence-corrected chi connectivity index (χ1v) is 5.79. The summed E-state index contributed by atoms with van der Waals surface area (Å²) in [4.78, 5) is 0. The van der Waals surface area contributed by atoms with Gasteiger partial charge in [0, 0.05) is 12.2 Å². The first kappa shape index (κ1) is 11.8. The molecule has 0 bridgehead atoms. The number of para-hydroxylation sites is 1. The molecule has 0 aliphatic carbocycles. The molecule has 0 fully saturated rings. The van der Waals surface area contributed by atoms with Crippen LogP contribution in [-0.4, -0.2) is 6.54 Å². The Morgan fingerprint density at radius 2 is 1.73 bits per heavy atom. The summed E-state index contributed by atoms with van der Waals surface area (Å²) >= 11 is 0. The molecule has 0 heterocycles. The van der Waals surface area contributed by atoms with Crippen LogP contribution in [0.1, 0.15) is 31.9 Å². The van der Waals surface area contributed by atoms with Crippen LogP contribution in [0, 0.1) is 0 Å². The predicted octanol–water partition coefficient (Wildman–Crippen LogP) is 3.80. The van der Waals surface area contributed by atoms with Gasteiger partial charge in [0.1, 0.15) is 0 Å². The van der Waals surface area contributed by atoms with Crippen LogP contribution >= 0.6 is 0 Å². The third kappa shape index (κ3) is 3.12. The van der Waals surface area contributed by atoms with Gasteiger partial charge in [-0.25, -0.2) is 0 Å². The number of nitrogens with one attached hydrogen (secondary N) is 1. The Hall–Kier alpha value is -1.24. The van der Waals surface area contributed by atoms with Gasteiger partial charge in [-0.3, -0.25) is 0 Å². The standard InChI is InChI=1S/C14H21N/c1-4-7-11-15-14-12(5-2)9-8-10-13(14)6-3/h4,7-10,15H,5-6,11H2,1-3H3/b7-4+. The van der Waals surface area contributed by atoms with Crippen molar-refractivity contribution in [2.24, 2.45) is 0 Å². The van der Waals surface area contributed by atoms with Crippen LogP contribution in [0.4, 0.5) is 5.69 Å². The smallest absolute Gasteiger partial charge is 0.0407 e. The summed E-state index contributed by atoms with van der Waals surface area (Å²) in [5.41, 5.74) is 4.17. The molecule has 0 aromatic heterocycles. The van der Waals surface area contributed by atoms with Crippen molar-refractivity contribution in [3.05, 3.63) is 41.5 Å². The topological polar surface area (TPSA) is 12.0 Å². The zero-order valence-corrected chi connectivity index (χ0v) is 10.0. The third-order valence-electron chi connectivity index (χ3n) is 2.63. The van der Waals surface area contributed by atoms with Crippen molar-refractivity contribution in [2.75, 3.05) is 11.9 Å². The Morgan fingerprint density at radius 3 is 2.20 bits per heavy atom. The minimum Gasteiger partial charge on any atom is -0.381 e. The number of hydrogen-bond donors (Lipinski definition) is 1. The molecule has 1 nitrogen and oxygen atoms in total. The van der Waals surface area contributed by atoms with Crippen LogP contribution in [0.2, 0.25) is 0 Å². The van der Waals surface area contributed by atoms with E-state index in [1.807, 2.05) is 6.92 Å². The molecule has 0 spiro atoms. The summed E-state index contributed by atoms with van der Waals surface area (Å²) in [6.07, 6.45) is 6.40. The lowest BCUT2D eigenvalue weighted by Gasteiger charge is -2.14. The maximum absolute atomic E-state index is 3.50. The van der Waals surface area contributed by atoms with Gasteiger partial charge in [0.25, 0.3) is 0 Å². The molecule has 1 aromatic carbocycles. The van der Waals surface area contributed by atoms with E-state index in [-0.39, 0.29) is 0 Å². The van der Waals surface area contributed by atoms with Crippen molar-refractivity contribution in [3.8, 4) is 0 Å². The minimum absolute atomic E-state index is 0.917. The highest BCUT2D eigenvalue weighted by Gasteiger charge is 2.03. The van der Waals surface area contributed by atoms with Crippen LogP contribution in [-0.2, 0) is 12.8 Å². The number of rotatable bonds is 5. The molecule has 1 heteroatoms. The number of benzene rings is 1. The van der Waals surface area contributed by atoms with Crippen molar-refractivity contribution < 1.29 is 0 Å². The van der Waals surface area contributed by atoms with Gasteiger partial charge >= 0.3 is 0 Å². The molecule has 1 aromatic rings. The van der Waals surface area contributed by atoms with Crippen molar-refractivity contribution in [2.45, 2.75) is 33.6 Å². The molecule has 1 N–H and O–H groups in total. The highest BCUT2D eigenvalue weighted by molar-refractivity contribution is 5.58. The maximum Gasteiger partial charge on any atom is 0.0407 e. The highest BCUT2D eigenvalue weighted by atomic mass is 14.9. The van der Waals surface area contributed by atoms with Gasteiger partial charge in [-0.05, 0) is 30.9 Å². The number of allylic oxidation sites excluding steroid dienone is 1. The van der Waals surface area contributed by atoms with Crippen molar-refractivity contribution in [3.63, 3.8) is 0 Å². The average molecular weight is 203 g/mol. The Balaban J connectivity index is 2.89. The molecule has 0 aliphatic heterocycles. The quantitative estimate of drug-likeness (QED) is 0.718. The lowest BCUT2D eigenvalue weighted by molar-refractivity contribution is 1.08. The first-order chi connectivity index (χ1) is 7.33. The number of aryl methyl sites for hydroxylation is 2. The van der Waals surface area contributed by atoms with Crippen LogP contribution < -0.4 is 5.32 Å². The van der Waals surface area contributed by atoms with Gasteiger partial charge in [0.05, 0.1) is 0 Å². The molecule has 15 heavy (non-hydrogen) atoms. The molecule has 0 saturated heterocycles. The molecule has 0 amide bonds. The summed E-state index contributed by atoms with van der Waals surface area (Å²) < 4.78 is 0. The molecule has 0 atom stereocenters. The molecule has 1 rings (SSSR count). The molecular weight excluding hydrogens is 182 g/mol. The second kappa shape index (κ2) is 6.28. The minimum atomic E-state index is 0.917. The fraction of sp³-hybridized carbons (Fsp3) is 0.429. The maximum atomic E-state index is 3.50. The van der Waals surface area contributed by atoms with Gasteiger partial charge in [-0.15, -0.1) is 0 Å². The van der Waals surface area contributed by atoms with Crippen LogP contribution in [0.25, 0.3) is 0 Å². The van der Waals surface area contributed by atoms with E-state index in [1.54, 1.807) is 0 Å². The van der Waals surface area contributed by atoms with Gasteiger partial charge in [-0.1, -0.05) is 44.2 Å². The molecule has 0 radical (unpaired) electrons. The normalized spacial score (nSPS) is 10.9. The van der Waals surface area contributed by atoms with E-state index in [4.69, 9.17) is 0 Å². The van der Waals surface area contributed by atoms with E-state index in [2.05, 4.69) is 49.5 Å². The predicted molar refractivity (Wildman–Crippen MR) is 68.5 cm³/mol. The van der Waals surface area contributed by atoms with Gasteiger partial charge in [0.15, 0.2) is 0 Å².